The smallest absolute Gasteiger partial charge is 0.208 e. The lowest BCUT2D eigenvalue weighted by molar-refractivity contribution is 0.198. The van der Waals surface area contributed by atoms with Gasteiger partial charge < -0.3 is 14.5 Å². The molecular weight excluding hydrogens is 228 g/mol. The molecule has 104 valence electrons. The van der Waals surface area contributed by atoms with Crippen molar-refractivity contribution in [2.45, 2.75) is 40.7 Å². The van der Waals surface area contributed by atoms with E-state index in [1.54, 1.807) is 7.11 Å². The van der Waals surface area contributed by atoms with Crippen LogP contribution in [0.2, 0.25) is 0 Å². The van der Waals surface area contributed by atoms with Crippen molar-refractivity contribution in [2.75, 3.05) is 20.3 Å². The Bertz CT molecular complexity index is 342. The molecule has 0 saturated heterocycles. The molecule has 1 unspecified atom stereocenters. The molecule has 0 fully saturated rings. The fraction of sp³-hybridized carbons (Fsp3) is 0.786. The highest BCUT2D eigenvalue weighted by molar-refractivity contribution is 4.96. The summed E-state index contributed by atoms with van der Waals surface area (Å²) >= 11 is 0. The lowest BCUT2D eigenvalue weighted by atomic mass is 9.80. The summed E-state index contributed by atoms with van der Waals surface area (Å²) in [5.74, 6) is 2.29. The number of hydrogen-bond acceptors (Lipinski definition) is 4. The second kappa shape index (κ2) is 6.90. The Labute approximate surface area is 110 Å². The number of nitrogens with zero attached hydrogens (tertiary/aromatic N) is 1. The van der Waals surface area contributed by atoms with Crippen molar-refractivity contribution >= 4 is 0 Å². The normalized spacial score (nSPS) is 13.8. The molecule has 1 aromatic rings. The molecule has 1 N–H and O–H groups in total. The van der Waals surface area contributed by atoms with E-state index in [0.29, 0.717) is 24.5 Å². The predicted molar refractivity (Wildman–Crippen MR) is 72.4 cm³/mol. The number of ether oxygens (including phenoxy) is 1. The third-order valence-corrected chi connectivity index (χ3v) is 3.35. The number of rotatable bonds is 7. The van der Waals surface area contributed by atoms with E-state index in [9.17, 15) is 0 Å². The fourth-order valence-corrected chi connectivity index (χ4v) is 1.50. The van der Waals surface area contributed by atoms with E-state index in [1.807, 2.05) is 6.20 Å². The van der Waals surface area contributed by atoms with E-state index in [4.69, 9.17) is 9.15 Å². The molecule has 0 spiro atoms. The monoisotopic (exact) mass is 254 g/mol. The first-order valence-electron chi connectivity index (χ1n) is 6.56. The number of nitrogens with one attached hydrogen (secondary N) is 1. The van der Waals surface area contributed by atoms with E-state index >= 15 is 0 Å². The van der Waals surface area contributed by atoms with Crippen LogP contribution in [0.3, 0.4) is 0 Å². The Morgan fingerprint density at radius 1 is 1.44 bits per heavy atom. The molecule has 0 aliphatic carbocycles. The lowest BCUT2D eigenvalue weighted by Crippen LogP contribution is -2.19. The van der Waals surface area contributed by atoms with Gasteiger partial charge in [-0.05, 0) is 11.3 Å². The minimum absolute atomic E-state index is 0.295. The van der Waals surface area contributed by atoms with E-state index in [-0.39, 0.29) is 0 Å². The van der Waals surface area contributed by atoms with Gasteiger partial charge in [0.2, 0.25) is 5.89 Å². The second-order valence-corrected chi connectivity index (χ2v) is 5.86. The van der Waals surface area contributed by atoms with Gasteiger partial charge in [0.25, 0.3) is 0 Å². The molecule has 0 aromatic carbocycles. The van der Waals surface area contributed by atoms with E-state index in [0.717, 1.165) is 24.6 Å². The van der Waals surface area contributed by atoms with Crippen molar-refractivity contribution < 1.29 is 9.15 Å². The standard InChI is InChI=1S/C14H26N2O2/c1-11(14(2,3)4)8-12-9-16-13(18-12)10-15-6-7-17-5/h9,11,15H,6-8,10H2,1-5H3. The van der Waals surface area contributed by atoms with Gasteiger partial charge in [-0.25, -0.2) is 4.98 Å². The van der Waals surface area contributed by atoms with Crippen LogP contribution in [-0.2, 0) is 17.7 Å². The van der Waals surface area contributed by atoms with Crippen LogP contribution in [0.5, 0.6) is 0 Å². The molecular formula is C14H26N2O2. The third-order valence-electron chi connectivity index (χ3n) is 3.35. The quantitative estimate of drug-likeness (QED) is 0.760. The average Bonchev–Trinajstić information content (AvgIpc) is 2.71. The lowest BCUT2D eigenvalue weighted by Gasteiger charge is -2.26. The van der Waals surface area contributed by atoms with Crippen LogP contribution in [0.15, 0.2) is 10.6 Å². The summed E-state index contributed by atoms with van der Waals surface area (Å²) in [6.45, 7) is 11.2. The molecule has 0 aliphatic rings. The second-order valence-electron chi connectivity index (χ2n) is 5.86. The van der Waals surface area contributed by atoms with Gasteiger partial charge in [0, 0.05) is 20.1 Å². The molecule has 0 saturated carbocycles. The summed E-state index contributed by atoms with van der Waals surface area (Å²) in [5.41, 5.74) is 0.295. The molecule has 4 nitrogen and oxygen atoms in total. The topological polar surface area (TPSA) is 47.3 Å². The predicted octanol–water partition coefficient (Wildman–Crippen LogP) is 2.64. The van der Waals surface area contributed by atoms with Gasteiger partial charge in [-0.3, -0.25) is 0 Å². The zero-order chi connectivity index (χ0) is 13.6. The van der Waals surface area contributed by atoms with Gasteiger partial charge in [0.15, 0.2) is 0 Å². The Hall–Kier alpha value is -0.870. The average molecular weight is 254 g/mol. The number of hydrogen-bond donors (Lipinski definition) is 1. The van der Waals surface area contributed by atoms with Gasteiger partial charge in [-0.15, -0.1) is 0 Å². The third kappa shape index (κ3) is 5.19. The molecule has 4 heteroatoms. The maximum absolute atomic E-state index is 5.72. The molecule has 18 heavy (non-hydrogen) atoms. The maximum Gasteiger partial charge on any atom is 0.208 e. The van der Waals surface area contributed by atoms with E-state index in [2.05, 4.69) is 38.0 Å². The van der Waals surface area contributed by atoms with E-state index < -0.39 is 0 Å². The summed E-state index contributed by atoms with van der Waals surface area (Å²) < 4.78 is 10.7. The largest absolute Gasteiger partial charge is 0.444 e. The van der Waals surface area contributed by atoms with Gasteiger partial charge in [0.1, 0.15) is 5.76 Å². The van der Waals surface area contributed by atoms with Crippen LogP contribution >= 0.6 is 0 Å². The molecule has 0 bridgehead atoms. The first kappa shape index (κ1) is 15.2. The highest BCUT2D eigenvalue weighted by atomic mass is 16.5. The van der Waals surface area contributed by atoms with Crippen LogP contribution < -0.4 is 5.32 Å². The van der Waals surface area contributed by atoms with Gasteiger partial charge >= 0.3 is 0 Å². The van der Waals surface area contributed by atoms with Crippen molar-refractivity contribution in [2.24, 2.45) is 11.3 Å². The molecule has 1 heterocycles. The molecule has 1 atom stereocenters. The highest BCUT2D eigenvalue weighted by Crippen LogP contribution is 2.28. The van der Waals surface area contributed by atoms with Crippen LogP contribution in [0.4, 0.5) is 0 Å². The van der Waals surface area contributed by atoms with E-state index in [1.165, 1.54) is 0 Å². The Kier molecular flexibility index (Phi) is 5.82. The number of aromatic nitrogens is 1. The van der Waals surface area contributed by atoms with Gasteiger partial charge in [-0.1, -0.05) is 27.7 Å². The summed E-state index contributed by atoms with van der Waals surface area (Å²) in [6.07, 6.45) is 2.78. The Balaban J connectivity index is 2.39. The van der Waals surface area contributed by atoms with Crippen molar-refractivity contribution in [3.8, 4) is 0 Å². The van der Waals surface area contributed by atoms with Gasteiger partial charge in [-0.2, -0.15) is 0 Å². The van der Waals surface area contributed by atoms with Crippen LogP contribution in [0, 0.1) is 11.3 Å². The van der Waals surface area contributed by atoms with Crippen LogP contribution in [-0.4, -0.2) is 25.2 Å². The SMILES string of the molecule is COCCNCc1ncc(CC(C)C(C)(C)C)o1. The summed E-state index contributed by atoms with van der Waals surface area (Å²) in [6, 6.07) is 0. The van der Waals surface area contributed by atoms with Crippen molar-refractivity contribution in [3.05, 3.63) is 17.8 Å². The fourth-order valence-electron chi connectivity index (χ4n) is 1.50. The van der Waals surface area contributed by atoms with Crippen molar-refractivity contribution in [3.63, 3.8) is 0 Å². The van der Waals surface area contributed by atoms with Crippen molar-refractivity contribution in [1.29, 1.82) is 0 Å². The summed E-state index contributed by atoms with van der Waals surface area (Å²) in [7, 11) is 1.69. The van der Waals surface area contributed by atoms with Crippen LogP contribution in [0.1, 0.15) is 39.3 Å². The first-order chi connectivity index (χ1) is 8.43. The first-order valence-corrected chi connectivity index (χ1v) is 6.56. The molecule has 0 radical (unpaired) electrons. The minimum Gasteiger partial charge on any atom is -0.444 e. The molecule has 0 amide bonds. The van der Waals surface area contributed by atoms with Crippen molar-refractivity contribution in [1.82, 2.24) is 10.3 Å². The molecule has 1 rings (SSSR count). The summed E-state index contributed by atoms with van der Waals surface area (Å²) in [5, 5.41) is 3.22. The molecule has 1 aromatic heterocycles. The highest BCUT2D eigenvalue weighted by Gasteiger charge is 2.21. The van der Waals surface area contributed by atoms with Crippen LogP contribution in [0.25, 0.3) is 0 Å². The maximum atomic E-state index is 5.72. The number of methoxy groups -OCH3 is 1. The van der Waals surface area contributed by atoms with Gasteiger partial charge in [0.05, 0.1) is 19.3 Å². The number of oxazole rings is 1. The Morgan fingerprint density at radius 2 is 2.17 bits per heavy atom. The molecule has 0 aliphatic heterocycles. The zero-order valence-corrected chi connectivity index (χ0v) is 12.2. The minimum atomic E-state index is 0.295. The summed E-state index contributed by atoms with van der Waals surface area (Å²) in [4.78, 5) is 4.28. The Morgan fingerprint density at radius 3 is 2.78 bits per heavy atom. The zero-order valence-electron chi connectivity index (χ0n) is 12.2.